The minimum absolute atomic E-state index is 0.0397. The number of imide groups is 1. The molecule has 2 aliphatic heterocycles. The summed E-state index contributed by atoms with van der Waals surface area (Å²) in [6.45, 7) is 15.4. The number of nitrogens with zero attached hydrogens (tertiary/aromatic N) is 2. The fraction of sp³-hybridized carbons (Fsp3) is 0.909. The van der Waals surface area contributed by atoms with Gasteiger partial charge in [-0.1, -0.05) is 47.5 Å². The summed E-state index contributed by atoms with van der Waals surface area (Å²) in [4.78, 5) is 29.2. The molecule has 0 aliphatic carbocycles. The van der Waals surface area contributed by atoms with E-state index < -0.39 is 0 Å². The second kappa shape index (κ2) is 8.86. The highest BCUT2D eigenvalue weighted by atomic mass is 16.2. The SMILES string of the molecule is CC(C)(C)C(C)(C)CC1CC(=O)N(CCCCCN2CCCCC2)C1=O. The Balaban J connectivity index is 1.72. The van der Waals surface area contributed by atoms with Crippen LogP contribution in [0, 0.1) is 16.7 Å². The van der Waals surface area contributed by atoms with Gasteiger partial charge in [-0.3, -0.25) is 14.5 Å². The van der Waals surface area contributed by atoms with Crippen LogP contribution in [0.5, 0.6) is 0 Å². The molecule has 2 saturated heterocycles. The molecule has 0 aromatic heterocycles. The van der Waals surface area contributed by atoms with Crippen LogP contribution in [0.3, 0.4) is 0 Å². The predicted molar refractivity (Wildman–Crippen MR) is 107 cm³/mol. The first-order valence-corrected chi connectivity index (χ1v) is 10.7. The van der Waals surface area contributed by atoms with Crippen molar-refractivity contribution in [3.05, 3.63) is 0 Å². The highest BCUT2D eigenvalue weighted by Gasteiger charge is 2.43. The first-order valence-electron chi connectivity index (χ1n) is 10.7. The number of rotatable bonds is 8. The van der Waals surface area contributed by atoms with Gasteiger partial charge >= 0.3 is 0 Å². The second-order valence-corrected chi connectivity index (χ2v) is 10.1. The Morgan fingerprint density at radius 3 is 2.12 bits per heavy atom. The van der Waals surface area contributed by atoms with E-state index in [0.717, 1.165) is 19.3 Å². The molecule has 4 heteroatoms. The molecule has 0 bridgehead atoms. The highest BCUT2D eigenvalue weighted by Crippen LogP contribution is 2.44. The Kier molecular flexibility index (Phi) is 7.29. The Bertz CT molecular complexity index is 487. The lowest BCUT2D eigenvalue weighted by atomic mass is 9.65. The summed E-state index contributed by atoms with van der Waals surface area (Å²) in [5.74, 6) is -0.00540. The number of hydrogen-bond donors (Lipinski definition) is 0. The average Bonchev–Trinajstić information content (AvgIpc) is 2.81. The zero-order valence-electron chi connectivity index (χ0n) is 17.8. The number of carbonyl (C=O) groups is 2. The lowest BCUT2D eigenvalue weighted by Gasteiger charge is -2.40. The van der Waals surface area contributed by atoms with Crippen LogP contribution in [0.2, 0.25) is 0 Å². The molecule has 1 atom stereocenters. The second-order valence-electron chi connectivity index (χ2n) is 10.1. The lowest BCUT2D eigenvalue weighted by molar-refractivity contribution is -0.139. The van der Waals surface area contributed by atoms with Crippen molar-refractivity contribution in [1.82, 2.24) is 9.80 Å². The highest BCUT2D eigenvalue weighted by molar-refractivity contribution is 6.03. The van der Waals surface area contributed by atoms with Gasteiger partial charge in [0, 0.05) is 18.9 Å². The van der Waals surface area contributed by atoms with E-state index in [1.165, 1.54) is 45.3 Å². The summed E-state index contributed by atoms with van der Waals surface area (Å²) in [5.41, 5.74) is 0.163. The Labute approximate surface area is 160 Å². The van der Waals surface area contributed by atoms with Crippen molar-refractivity contribution >= 4 is 11.8 Å². The van der Waals surface area contributed by atoms with E-state index in [2.05, 4.69) is 39.5 Å². The van der Waals surface area contributed by atoms with Crippen LogP contribution in [-0.4, -0.2) is 47.8 Å². The molecular formula is C22H40N2O2. The molecule has 0 aromatic rings. The maximum Gasteiger partial charge on any atom is 0.232 e. The summed E-state index contributed by atoms with van der Waals surface area (Å²) in [6, 6.07) is 0. The van der Waals surface area contributed by atoms with Crippen LogP contribution in [0.25, 0.3) is 0 Å². The maximum atomic E-state index is 12.7. The van der Waals surface area contributed by atoms with Crippen LogP contribution in [0.4, 0.5) is 0 Å². The molecule has 2 rings (SSSR count). The van der Waals surface area contributed by atoms with Crippen molar-refractivity contribution in [1.29, 1.82) is 0 Å². The molecule has 0 spiro atoms. The van der Waals surface area contributed by atoms with Crippen molar-refractivity contribution < 1.29 is 9.59 Å². The number of hydrogen-bond acceptors (Lipinski definition) is 3. The quantitative estimate of drug-likeness (QED) is 0.471. The predicted octanol–water partition coefficient (Wildman–Crippen LogP) is 4.48. The third-order valence-electron chi connectivity index (χ3n) is 6.93. The molecule has 0 saturated carbocycles. The maximum absolute atomic E-state index is 12.7. The largest absolute Gasteiger partial charge is 0.303 e. The first-order chi connectivity index (χ1) is 12.1. The Hall–Kier alpha value is -0.900. The molecule has 0 N–H and O–H groups in total. The zero-order valence-corrected chi connectivity index (χ0v) is 17.8. The molecule has 0 aromatic carbocycles. The molecule has 2 aliphatic rings. The first kappa shape index (κ1) is 21.4. The standard InChI is InChI=1S/C22H40N2O2/c1-21(2,3)22(4,5)17-18-16-19(25)24(20(18)26)15-11-7-10-14-23-12-8-6-9-13-23/h18H,6-17H2,1-5H3. The van der Waals surface area contributed by atoms with E-state index in [1.807, 2.05) is 0 Å². The number of likely N-dealkylation sites (tertiary alicyclic amines) is 2. The van der Waals surface area contributed by atoms with Gasteiger partial charge in [0.1, 0.15) is 0 Å². The Morgan fingerprint density at radius 2 is 1.50 bits per heavy atom. The molecule has 2 fully saturated rings. The van der Waals surface area contributed by atoms with E-state index in [1.54, 1.807) is 4.90 Å². The van der Waals surface area contributed by atoms with Gasteiger partial charge in [0.05, 0.1) is 0 Å². The van der Waals surface area contributed by atoms with E-state index >= 15 is 0 Å². The van der Waals surface area contributed by atoms with Gasteiger partial charge in [0.2, 0.25) is 11.8 Å². The number of carbonyl (C=O) groups excluding carboxylic acids is 2. The summed E-state index contributed by atoms with van der Waals surface area (Å²) in [6.07, 6.45) is 8.48. The van der Waals surface area contributed by atoms with E-state index in [0.29, 0.717) is 13.0 Å². The molecule has 0 radical (unpaired) electrons. The summed E-state index contributed by atoms with van der Waals surface area (Å²) in [5, 5.41) is 0. The number of piperidine rings is 1. The van der Waals surface area contributed by atoms with Crippen LogP contribution in [0.1, 0.15) is 86.0 Å². The third-order valence-corrected chi connectivity index (χ3v) is 6.93. The summed E-state index contributed by atoms with van der Waals surface area (Å²) >= 11 is 0. The van der Waals surface area contributed by atoms with Gasteiger partial charge in [-0.15, -0.1) is 0 Å². The van der Waals surface area contributed by atoms with Gasteiger partial charge in [-0.25, -0.2) is 0 Å². The molecule has 26 heavy (non-hydrogen) atoms. The van der Waals surface area contributed by atoms with E-state index in [4.69, 9.17) is 0 Å². The molecule has 2 heterocycles. The fourth-order valence-corrected chi connectivity index (χ4v) is 4.03. The molecular weight excluding hydrogens is 324 g/mol. The minimum atomic E-state index is -0.120. The molecule has 4 nitrogen and oxygen atoms in total. The van der Waals surface area contributed by atoms with Crippen molar-refractivity contribution in [3.8, 4) is 0 Å². The lowest BCUT2D eigenvalue weighted by Crippen LogP contribution is -2.35. The normalized spacial score (nSPS) is 23.1. The smallest absolute Gasteiger partial charge is 0.232 e. The molecule has 1 unspecified atom stereocenters. The number of amides is 2. The molecule has 2 amide bonds. The van der Waals surface area contributed by atoms with Crippen molar-refractivity contribution in [2.75, 3.05) is 26.2 Å². The summed E-state index contributed by atoms with van der Waals surface area (Å²) < 4.78 is 0. The van der Waals surface area contributed by atoms with Crippen LogP contribution in [-0.2, 0) is 9.59 Å². The summed E-state index contributed by atoms with van der Waals surface area (Å²) in [7, 11) is 0. The fourth-order valence-electron chi connectivity index (χ4n) is 4.03. The molecule has 150 valence electrons. The van der Waals surface area contributed by atoms with Crippen molar-refractivity contribution in [2.24, 2.45) is 16.7 Å². The minimum Gasteiger partial charge on any atom is -0.303 e. The van der Waals surface area contributed by atoms with Crippen molar-refractivity contribution in [3.63, 3.8) is 0 Å². The number of unbranched alkanes of at least 4 members (excludes halogenated alkanes) is 2. The van der Waals surface area contributed by atoms with Gasteiger partial charge in [-0.2, -0.15) is 0 Å². The van der Waals surface area contributed by atoms with Gasteiger partial charge in [-0.05, 0) is 62.6 Å². The van der Waals surface area contributed by atoms with E-state index in [9.17, 15) is 9.59 Å². The van der Waals surface area contributed by atoms with Gasteiger partial charge < -0.3 is 4.90 Å². The zero-order chi connectivity index (χ0) is 19.4. The third kappa shape index (κ3) is 5.55. The van der Waals surface area contributed by atoms with Crippen LogP contribution in [0.15, 0.2) is 0 Å². The van der Waals surface area contributed by atoms with Gasteiger partial charge in [0.25, 0.3) is 0 Å². The van der Waals surface area contributed by atoms with Gasteiger partial charge in [0.15, 0.2) is 0 Å². The van der Waals surface area contributed by atoms with E-state index in [-0.39, 0.29) is 28.6 Å². The van der Waals surface area contributed by atoms with Crippen LogP contribution < -0.4 is 0 Å². The average molecular weight is 365 g/mol. The van der Waals surface area contributed by atoms with Crippen LogP contribution >= 0.6 is 0 Å². The van der Waals surface area contributed by atoms with Crippen molar-refractivity contribution in [2.45, 2.75) is 86.0 Å². The Morgan fingerprint density at radius 1 is 0.885 bits per heavy atom. The monoisotopic (exact) mass is 364 g/mol. The topological polar surface area (TPSA) is 40.6 Å².